The van der Waals surface area contributed by atoms with Crippen LogP contribution in [-0.4, -0.2) is 18.1 Å². The number of nitrogens with two attached hydrogens (primary N) is 1. The highest BCUT2D eigenvalue weighted by atomic mass is 16.5. The molecule has 0 aliphatic rings. The first-order valence-corrected chi connectivity index (χ1v) is 6.63. The van der Waals surface area contributed by atoms with Crippen molar-refractivity contribution >= 4 is 0 Å². The van der Waals surface area contributed by atoms with Crippen LogP contribution < -0.4 is 15.2 Å². The summed E-state index contributed by atoms with van der Waals surface area (Å²) in [7, 11) is 1.65. The fourth-order valence-corrected chi connectivity index (χ4v) is 1.95. The molecule has 0 saturated heterocycles. The van der Waals surface area contributed by atoms with Gasteiger partial charge in [-0.25, -0.2) is 0 Å². The Morgan fingerprint density at radius 2 is 1.95 bits per heavy atom. The first-order chi connectivity index (χ1) is 9.69. The summed E-state index contributed by atoms with van der Waals surface area (Å²) in [6.45, 7) is 2.48. The standard InChI is InChI=1S/C16H20N2O2/c1-12(17)9-14-3-4-15(19-2)10-16(14)20-11-13-5-7-18-8-6-13/h3-8,10,12H,9,11,17H2,1-2H3. The van der Waals surface area contributed by atoms with Crippen LogP contribution in [0.5, 0.6) is 11.5 Å². The molecule has 1 atom stereocenters. The second kappa shape index (κ2) is 6.91. The van der Waals surface area contributed by atoms with E-state index in [2.05, 4.69) is 4.98 Å². The number of nitrogens with zero attached hydrogens (tertiary/aromatic N) is 1. The minimum atomic E-state index is 0.0895. The molecule has 4 heteroatoms. The lowest BCUT2D eigenvalue weighted by atomic mass is 10.1. The van der Waals surface area contributed by atoms with Crippen molar-refractivity contribution in [3.8, 4) is 11.5 Å². The molecule has 0 bridgehead atoms. The van der Waals surface area contributed by atoms with Gasteiger partial charge in [-0.1, -0.05) is 6.07 Å². The maximum atomic E-state index is 5.90. The van der Waals surface area contributed by atoms with Gasteiger partial charge in [-0.2, -0.15) is 0 Å². The predicted molar refractivity (Wildman–Crippen MR) is 78.9 cm³/mol. The molecule has 106 valence electrons. The third-order valence-corrected chi connectivity index (χ3v) is 2.96. The van der Waals surface area contributed by atoms with Gasteiger partial charge < -0.3 is 15.2 Å². The van der Waals surface area contributed by atoms with Crippen LogP contribution in [0.15, 0.2) is 42.7 Å². The number of benzene rings is 1. The molecule has 0 aliphatic heterocycles. The number of hydrogen-bond donors (Lipinski definition) is 1. The average molecular weight is 272 g/mol. The van der Waals surface area contributed by atoms with E-state index in [1.807, 2.05) is 37.3 Å². The number of rotatable bonds is 6. The zero-order valence-corrected chi connectivity index (χ0v) is 11.9. The number of ether oxygens (including phenoxy) is 2. The molecular weight excluding hydrogens is 252 g/mol. The highest BCUT2D eigenvalue weighted by Gasteiger charge is 2.08. The normalized spacial score (nSPS) is 11.9. The molecule has 1 unspecified atom stereocenters. The number of pyridine rings is 1. The van der Waals surface area contributed by atoms with Crippen LogP contribution in [0.2, 0.25) is 0 Å². The zero-order chi connectivity index (χ0) is 14.4. The Morgan fingerprint density at radius 1 is 1.20 bits per heavy atom. The van der Waals surface area contributed by atoms with Crippen molar-refractivity contribution in [1.29, 1.82) is 0 Å². The molecule has 0 radical (unpaired) electrons. The lowest BCUT2D eigenvalue weighted by Crippen LogP contribution is -2.18. The minimum absolute atomic E-state index is 0.0895. The molecule has 0 amide bonds. The van der Waals surface area contributed by atoms with Gasteiger partial charge in [-0.15, -0.1) is 0 Å². The monoisotopic (exact) mass is 272 g/mol. The molecule has 4 nitrogen and oxygen atoms in total. The molecule has 1 heterocycles. The summed E-state index contributed by atoms with van der Waals surface area (Å²) in [6, 6.07) is 9.79. The van der Waals surface area contributed by atoms with E-state index in [1.54, 1.807) is 19.5 Å². The van der Waals surface area contributed by atoms with Crippen LogP contribution in [0.3, 0.4) is 0 Å². The Labute approximate surface area is 119 Å². The van der Waals surface area contributed by atoms with Gasteiger partial charge in [-0.3, -0.25) is 4.98 Å². The lowest BCUT2D eigenvalue weighted by Gasteiger charge is -2.14. The van der Waals surface area contributed by atoms with E-state index in [9.17, 15) is 0 Å². The second-order valence-corrected chi connectivity index (χ2v) is 4.80. The Morgan fingerprint density at radius 3 is 2.60 bits per heavy atom. The van der Waals surface area contributed by atoms with Crippen molar-refractivity contribution < 1.29 is 9.47 Å². The maximum Gasteiger partial charge on any atom is 0.126 e. The Balaban J connectivity index is 2.15. The minimum Gasteiger partial charge on any atom is -0.497 e. The highest BCUT2D eigenvalue weighted by Crippen LogP contribution is 2.26. The first-order valence-electron chi connectivity index (χ1n) is 6.63. The quantitative estimate of drug-likeness (QED) is 0.878. The summed E-state index contributed by atoms with van der Waals surface area (Å²) < 4.78 is 11.1. The van der Waals surface area contributed by atoms with Crippen LogP contribution in [0.25, 0.3) is 0 Å². The molecule has 0 saturated carbocycles. The van der Waals surface area contributed by atoms with E-state index in [0.29, 0.717) is 6.61 Å². The van der Waals surface area contributed by atoms with Crippen LogP contribution in [0.4, 0.5) is 0 Å². The summed E-state index contributed by atoms with van der Waals surface area (Å²) in [6.07, 6.45) is 4.29. The van der Waals surface area contributed by atoms with Crippen LogP contribution in [-0.2, 0) is 13.0 Å². The van der Waals surface area contributed by atoms with Crippen LogP contribution in [0, 0.1) is 0 Å². The van der Waals surface area contributed by atoms with Crippen molar-refractivity contribution in [2.24, 2.45) is 5.73 Å². The summed E-state index contributed by atoms with van der Waals surface area (Å²) >= 11 is 0. The molecule has 0 spiro atoms. The fourth-order valence-electron chi connectivity index (χ4n) is 1.95. The van der Waals surface area contributed by atoms with Crippen molar-refractivity contribution in [2.75, 3.05) is 7.11 Å². The smallest absolute Gasteiger partial charge is 0.126 e. The van der Waals surface area contributed by atoms with Crippen LogP contribution in [0.1, 0.15) is 18.1 Å². The molecular formula is C16H20N2O2. The van der Waals surface area contributed by atoms with Gasteiger partial charge in [0.2, 0.25) is 0 Å². The molecule has 2 aromatic rings. The summed E-state index contributed by atoms with van der Waals surface area (Å²) in [5.74, 6) is 1.60. The molecule has 1 aromatic carbocycles. The SMILES string of the molecule is COc1ccc(CC(C)N)c(OCc2ccncc2)c1. The molecule has 1 aromatic heterocycles. The average Bonchev–Trinajstić information content (AvgIpc) is 2.47. The number of methoxy groups -OCH3 is 1. The van der Waals surface area contributed by atoms with Gasteiger partial charge in [0.05, 0.1) is 7.11 Å². The molecule has 2 rings (SSSR count). The number of aromatic nitrogens is 1. The highest BCUT2D eigenvalue weighted by molar-refractivity contribution is 5.41. The first kappa shape index (κ1) is 14.3. The molecule has 0 fully saturated rings. The van der Waals surface area contributed by atoms with E-state index >= 15 is 0 Å². The van der Waals surface area contributed by atoms with Crippen molar-refractivity contribution in [3.63, 3.8) is 0 Å². The van der Waals surface area contributed by atoms with Crippen LogP contribution >= 0.6 is 0 Å². The predicted octanol–water partition coefficient (Wildman–Crippen LogP) is 2.56. The van der Waals surface area contributed by atoms with Gasteiger partial charge >= 0.3 is 0 Å². The molecule has 20 heavy (non-hydrogen) atoms. The van der Waals surface area contributed by atoms with Gasteiger partial charge in [0, 0.05) is 24.5 Å². The topological polar surface area (TPSA) is 57.4 Å². The Kier molecular flexibility index (Phi) is 4.96. The van der Waals surface area contributed by atoms with Gasteiger partial charge in [0.1, 0.15) is 18.1 Å². The van der Waals surface area contributed by atoms with Gasteiger partial charge in [0.15, 0.2) is 0 Å². The molecule has 0 aliphatic carbocycles. The van der Waals surface area contributed by atoms with Crippen molar-refractivity contribution in [3.05, 3.63) is 53.9 Å². The lowest BCUT2D eigenvalue weighted by molar-refractivity contribution is 0.299. The Hall–Kier alpha value is -2.07. The third-order valence-electron chi connectivity index (χ3n) is 2.96. The van der Waals surface area contributed by atoms with Crippen molar-refractivity contribution in [2.45, 2.75) is 26.0 Å². The largest absolute Gasteiger partial charge is 0.497 e. The fraction of sp³-hybridized carbons (Fsp3) is 0.312. The van der Waals surface area contributed by atoms with E-state index in [1.165, 1.54) is 0 Å². The summed E-state index contributed by atoms with van der Waals surface area (Å²) in [5.41, 5.74) is 8.05. The van der Waals surface area contributed by atoms with E-state index in [4.69, 9.17) is 15.2 Å². The van der Waals surface area contributed by atoms with E-state index in [0.717, 1.165) is 29.0 Å². The second-order valence-electron chi connectivity index (χ2n) is 4.80. The number of hydrogen-bond acceptors (Lipinski definition) is 4. The summed E-state index contributed by atoms with van der Waals surface area (Å²) in [4.78, 5) is 3.99. The maximum absolute atomic E-state index is 5.90. The third kappa shape index (κ3) is 3.96. The van der Waals surface area contributed by atoms with Gasteiger partial charge in [0.25, 0.3) is 0 Å². The van der Waals surface area contributed by atoms with E-state index < -0.39 is 0 Å². The van der Waals surface area contributed by atoms with Gasteiger partial charge in [-0.05, 0) is 42.7 Å². The molecule has 2 N–H and O–H groups in total. The zero-order valence-electron chi connectivity index (χ0n) is 11.9. The Bertz CT molecular complexity index is 541. The summed E-state index contributed by atoms with van der Waals surface area (Å²) in [5, 5.41) is 0. The van der Waals surface area contributed by atoms with E-state index in [-0.39, 0.29) is 6.04 Å². The van der Waals surface area contributed by atoms with Crippen molar-refractivity contribution in [1.82, 2.24) is 4.98 Å².